The molecule has 0 saturated heterocycles. The van der Waals surface area contributed by atoms with Crippen LogP contribution in [0.2, 0.25) is 5.02 Å². The molecule has 0 unspecified atom stereocenters. The van der Waals surface area contributed by atoms with Crippen molar-refractivity contribution in [1.82, 2.24) is 14.8 Å². The maximum Gasteiger partial charge on any atom is 0.434 e. The van der Waals surface area contributed by atoms with E-state index in [-0.39, 0.29) is 33.5 Å². The summed E-state index contributed by atoms with van der Waals surface area (Å²) in [6, 6.07) is 0.915. The van der Waals surface area contributed by atoms with Crippen molar-refractivity contribution in [2.45, 2.75) is 6.18 Å². The summed E-state index contributed by atoms with van der Waals surface area (Å²) in [4.78, 5) is 3.91. The van der Waals surface area contributed by atoms with Crippen molar-refractivity contribution in [3.8, 4) is 17.3 Å². The van der Waals surface area contributed by atoms with E-state index in [0.717, 1.165) is 13.1 Å². The average Bonchev–Trinajstić information content (AvgIpc) is 3.00. The Hall–Kier alpha value is -1.81. The number of benzene rings is 1. The Balaban J connectivity index is 2.37. The molecule has 0 N–H and O–H groups in total. The van der Waals surface area contributed by atoms with E-state index in [1.165, 1.54) is 7.11 Å². The molecule has 0 fully saturated rings. The van der Waals surface area contributed by atoms with Gasteiger partial charge in [0, 0.05) is 7.05 Å². The predicted octanol–water partition coefficient (Wildman–Crippen LogP) is 4.81. The molecule has 2 aromatic heterocycles. The lowest BCUT2D eigenvalue weighted by molar-refractivity contribution is -0.144. The zero-order valence-electron chi connectivity index (χ0n) is 12.0. The summed E-state index contributed by atoms with van der Waals surface area (Å²) in [5.41, 5.74) is -1.73. The number of aryl methyl sites for hydroxylation is 1. The number of nitrogens with zero attached hydrogens (tertiary/aromatic N) is 3. The Morgan fingerprint density at radius 2 is 2.04 bits per heavy atom. The van der Waals surface area contributed by atoms with Crippen molar-refractivity contribution >= 4 is 38.6 Å². The molecule has 2 heterocycles. The Kier molecular flexibility index (Phi) is 3.99. The largest absolute Gasteiger partial charge is 0.453 e. The third-order valence-electron chi connectivity index (χ3n) is 3.22. The second kappa shape index (κ2) is 5.62. The molecule has 0 aliphatic carbocycles. The predicted molar refractivity (Wildman–Crippen MR) is 80.4 cm³/mol. The van der Waals surface area contributed by atoms with Crippen LogP contribution >= 0.6 is 27.5 Å². The van der Waals surface area contributed by atoms with E-state index in [4.69, 9.17) is 20.8 Å². The fraction of sp³-hybridized carbons (Fsp3) is 0.231. The standard InChI is InChI=1S/C13H7BrClF4N3O2/c1-22-11(13(17,18)19)7(14)8(21-22)6-5(16)3-4(15)10-9(6)20-12(23-2)24-10/h3H,1-2H3. The number of hydrogen-bond acceptors (Lipinski definition) is 4. The van der Waals surface area contributed by atoms with Crippen molar-refractivity contribution in [2.24, 2.45) is 7.05 Å². The highest BCUT2D eigenvalue weighted by Gasteiger charge is 2.39. The summed E-state index contributed by atoms with van der Waals surface area (Å²) in [7, 11) is 2.37. The molecular weight excluding hydrogens is 422 g/mol. The van der Waals surface area contributed by atoms with Crippen LogP contribution in [0.1, 0.15) is 5.69 Å². The zero-order chi connectivity index (χ0) is 17.8. The molecule has 3 aromatic rings. The van der Waals surface area contributed by atoms with Gasteiger partial charge in [-0.25, -0.2) is 4.39 Å². The van der Waals surface area contributed by atoms with Gasteiger partial charge in [-0.05, 0) is 22.0 Å². The summed E-state index contributed by atoms with van der Waals surface area (Å²) in [6.45, 7) is 0. The SMILES string of the molecule is COc1nc2c(-c3nn(C)c(C(F)(F)F)c3Br)c(F)cc(Cl)c2o1. The quantitative estimate of drug-likeness (QED) is 0.550. The third-order valence-corrected chi connectivity index (χ3v) is 4.25. The van der Waals surface area contributed by atoms with E-state index in [0.29, 0.717) is 4.68 Å². The zero-order valence-corrected chi connectivity index (χ0v) is 14.3. The average molecular weight is 429 g/mol. The van der Waals surface area contributed by atoms with Gasteiger partial charge in [-0.15, -0.1) is 0 Å². The fourth-order valence-electron chi connectivity index (χ4n) is 2.27. The molecule has 3 rings (SSSR count). The Bertz CT molecular complexity index is 951. The first-order valence-electron chi connectivity index (χ1n) is 6.27. The number of ether oxygens (including phenoxy) is 1. The molecule has 0 amide bonds. The highest BCUT2D eigenvalue weighted by atomic mass is 79.9. The number of methoxy groups -OCH3 is 1. The van der Waals surface area contributed by atoms with Gasteiger partial charge in [0.1, 0.15) is 17.0 Å². The molecule has 0 aliphatic heterocycles. The summed E-state index contributed by atoms with van der Waals surface area (Å²) < 4.78 is 64.0. The number of oxazole rings is 1. The van der Waals surface area contributed by atoms with E-state index < -0.39 is 22.2 Å². The number of hydrogen-bond donors (Lipinski definition) is 0. The topological polar surface area (TPSA) is 53.1 Å². The molecule has 5 nitrogen and oxygen atoms in total. The molecular formula is C13H7BrClF4N3O2. The molecule has 1 aromatic carbocycles. The van der Waals surface area contributed by atoms with Gasteiger partial charge in [-0.3, -0.25) is 4.68 Å². The van der Waals surface area contributed by atoms with Gasteiger partial charge in [0.2, 0.25) is 0 Å². The lowest BCUT2D eigenvalue weighted by Gasteiger charge is -2.06. The number of alkyl halides is 3. The minimum atomic E-state index is -4.68. The second-order valence-corrected chi connectivity index (χ2v) is 5.91. The first-order valence-corrected chi connectivity index (χ1v) is 7.44. The van der Waals surface area contributed by atoms with Crippen molar-refractivity contribution in [2.75, 3.05) is 7.11 Å². The first-order chi connectivity index (χ1) is 11.1. The number of fused-ring (bicyclic) bond motifs is 1. The van der Waals surface area contributed by atoms with E-state index in [2.05, 4.69) is 26.0 Å². The summed E-state index contributed by atoms with van der Waals surface area (Å²) in [6.07, 6.45) is -4.88. The van der Waals surface area contributed by atoms with Crippen LogP contribution in [0, 0.1) is 5.82 Å². The van der Waals surface area contributed by atoms with Crippen LogP contribution in [0.15, 0.2) is 15.0 Å². The number of halogens is 6. The van der Waals surface area contributed by atoms with E-state index in [1.54, 1.807) is 0 Å². The van der Waals surface area contributed by atoms with Crippen LogP contribution in [0.4, 0.5) is 17.6 Å². The van der Waals surface area contributed by atoms with Gasteiger partial charge < -0.3 is 9.15 Å². The molecule has 0 bridgehead atoms. The van der Waals surface area contributed by atoms with Gasteiger partial charge in [0.05, 0.1) is 22.2 Å². The van der Waals surface area contributed by atoms with Crippen LogP contribution in [0.5, 0.6) is 6.08 Å². The van der Waals surface area contributed by atoms with Crippen LogP contribution in [-0.4, -0.2) is 21.9 Å². The maximum atomic E-state index is 14.4. The van der Waals surface area contributed by atoms with Crippen molar-refractivity contribution in [3.63, 3.8) is 0 Å². The van der Waals surface area contributed by atoms with Gasteiger partial charge in [-0.1, -0.05) is 11.6 Å². The van der Waals surface area contributed by atoms with E-state index in [1.807, 2.05) is 0 Å². The molecule has 0 spiro atoms. The smallest absolute Gasteiger partial charge is 0.434 e. The molecule has 0 atom stereocenters. The van der Waals surface area contributed by atoms with E-state index in [9.17, 15) is 17.6 Å². The van der Waals surface area contributed by atoms with Gasteiger partial charge in [0.15, 0.2) is 11.3 Å². The Labute approximate surface area is 145 Å². The van der Waals surface area contributed by atoms with Crippen molar-refractivity contribution < 1.29 is 26.7 Å². The first kappa shape index (κ1) is 17.0. The maximum absolute atomic E-state index is 14.4. The van der Waals surface area contributed by atoms with Gasteiger partial charge in [0.25, 0.3) is 0 Å². The molecule has 24 heavy (non-hydrogen) atoms. The minimum absolute atomic E-state index is 0.0176. The monoisotopic (exact) mass is 427 g/mol. The van der Waals surface area contributed by atoms with Crippen LogP contribution in [0.3, 0.4) is 0 Å². The molecule has 128 valence electrons. The fourth-order valence-corrected chi connectivity index (χ4v) is 3.26. The van der Waals surface area contributed by atoms with Crippen LogP contribution in [0.25, 0.3) is 22.4 Å². The van der Waals surface area contributed by atoms with Crippen molar-refractivity contribution in [1.29, 1.82) is 0 Å². The number of aromatic nitrogens is 3. The molecule has 0 saturated carbocycles. The van der Waals surface area contributed by atoms with Gasteiger partial charge in [-0.2, -0.15) is 23.3 Å². The Morgan fingerprint density at radius 3 is 2.58 bits per heavy atom. The molecule has 11 heteroatoms. The summed E-state index contributed by atoms with van der Waals surface area (Å²) in [5, 5.41) is 3.67. The number of rotatable bonds is 2. The molecule has 0 aliphatic rings. The lowest BCUT2D eigenvalue weighted by atomic mass is 10.1. The second-order valence-electron chi connectivity index (χ2n) is 4.71. The minimum Gasteiger partial charge on any atom is -0.453 e. The summed E-state index contributed by atoms with van der Waals surface area (Å²) in [5.74, 6) is -0.893. The van der Waals surface area contributed by atoms with E-state index >= 15 is 0 Å². The lowest BCUT2D eigenvalue weighted by Crippen LogP contribution is -2.12. The highest BCUT2D eigenvalue weighted by Crippen LogP contribution is 2.43. The van der Waals surface area contributed by atoms with Crippen LogP contribution < -0.4 is 4.74 Å². The van der Waals surface area contributed by atoms with Crippen LogP contribution in [-0.2, 0) is 13.2 Å². The highest BCUT2D eigenvalue weighted by molar-refractivity contribution is 9.10. The van der Waals surface area contributed by atoms with Gasteiger partial charge >= 0.3 is 12.3 Å². The Morgan fingerprint density at radius 1 is 1.38 bits per heavy atom. The van der Waals surface area contributed by atoms with Crippen molar-refractivity contribution in [3.05, 3.63) is 27.1 Å². The third kappa shape index (κ3) is 2.53. The normalized spacial score (nSPS) is 12.2. The summed E-state index contributed by atoms with van der Waals surface area (Å²) >= 11 is 8.74. The molecule has 0 radical (unpaired) electrons.